The summed E-state index contributed by atoms with van der Waals surface area (Å²) in [5.41, 5.74) is 1.91. The Morgan fingerprint density at radius 3 is 2.45 bits per heavy atom. The quantitative estimate of drug-likeness (QED) is 0.670. The number of ether oxygens (including phenoxy) is 2. The molecule has 1 N–H and O–H groups in total. The Morgan fingerprint density at radius 2 is 1.83 bits per heavy atom. The van der Waals surface area contributed by atoms with E-state index in [4.69, 9.17) is 9.47 Å². The van der Waals surface area contributed by atoms with Crippen LogP contribution >= 0.6 is 0 Å². The van der Waals surface area contributed by atoms with Crippen LogP contribution in [0.15, 0.2) is 12.1 Å². The fraction of sp³-hybridized carbons (Fsp3) is 0.571. The first-order valence-corrected chi connectivity index (χ1v) is 9.98. The second-order valence-corrected chi connectivity index (χ2v) is 7.88. The maximum Gasteiger partial charge on any atom is 0.327 e. The Labute approximate surface area is 171 Å². The lowest BCUT2D eigenvalue weighted by Gasteiger charge is -2.29. The smallest absolute Gasteiger partial charge is 0.327 e. The zero-order valence-corrected chi connectivity index (χ0v) is 17.5. The van der Waals surface area contributed by atoms with Gasteiger partial charge in [0.1, 0.15) is 6.04 Å². The Kier molecular flexibility index (Phi) is 6.30. The summed E-state index contributed by atoms with van der Waals surface area (Å²) in [6.07, 6.45) is 1.44. The summed E-state index contributed by atoms with van der Waals surface area (Å²) in [6.45, 7) is 5.22. The number of methoxy groups -OCH3 is 2. The lowest BCUT2D eigenvalue weighted by molar-refractivity contribution is -0.129. The normalized spacial score (nSPS) is 18.0. The van der Waals surface area contributed by atoms with Gasteiger partial charge in [0.2, 0.25) is 5.91 Å². The molecule has 1 aromatic rings. The van der Waals surface area contributed by atoms with Crippen molar-refractivity contribution < 1.29 is 23.9 Å². The molecule has 158 valence electrons. The third kappa shape index (κ3) is 4.31. The summed E-state index contributed by atoms with van der Waals surface area (Å²) in [7, 11) is 3.13. The number of benzene rings is 1. The summed E-state index contributed by atoms with van der Waals surface area (Å²) in [6, 6.07) is 2.86. The average molecular weight is 403 g/mol. The molecule has 0 saturated carbocycles. The molecule has 8 nitrogen and oxygen atoms in total. The van der Waals surface area contributed by atoms with E-state index in [1.54, 1.807) is 19.1 Å². The van der Waals surface area contributed by atoms with E-state index < -0.39 is 6.04 Å². The summed E-state index contributed by atoms with van der Waals surface area (Å²) in [5.74, 6) is 1.31. The number of nitrogens with one attached hydrogen (secondary N) is 1. The molecule has 0 radical (unpaired) electrons. The van der Waals surface area contributed by atoms with Crippen molar-refractivity contribution in [2.24, 2.45) is 5.92 Å². The predicted octanol–water partition coefficient (Wildman–Crippen LogP) is 1.95. The van der Waals surface area contributed by atoms with Crippen molar-refractivity contribution in [1.29, 1.82) is 0 Å². The highest BCUT2D eigenvalue weighted by molar-refractivity contribution is 6.04. The minimum atomic E-state index is -0.530. The number of nitrogens with zero attached hydrogens (tertiary/aromatic N) is 2. The van der Waals surface area contributed by atoms with Crippen LogP contribution in [0.2, 0.25) is 0 Å². The van der Waals surface area contributed by atoms with Crippen LogP contribution in [0, 0.1) is 5.92 Å². The molecule has 29 heavy (non-hydrogen) atoms. The molecule has 1 fully saturated rings. The number of imide groups is 1. The van der Waals surface area contributed by atoms with Crippen LogP contribution in [0.1, 0.15) is 37.8 Å². The van der Waals surface area contributed by atoms with Crippen LogP contribution in [-0.4, -0.2) is 61.0 Å². The monoisotopic (exact) mass is 403 g/mol. The van der Waals surface area contributed by atoms with E-state index in [0.717, 1.165) is 17.5 Å². The Morgan fingerprint density at radius 1 is 1.17 bits per heavy atom. The third-order valence-corrected chi connectivity index (χ3v) is 5.47. The first-order valence-electron chi connectivity index (χ1n) is 9.98. The molecule has 4 amide bonds. The molecular formula is C21H29N3O5. The van der Waals surface area contributed by atoms with E-state index in [2.05, 4.69) is 19.2 Å². The lowest BCUT2D eigenvalue weighted by atomic mass is 9.94. The van der Waals surface area contributed by atoms with Crippen molar-refractivity contribution in [2.75, 3.05) is 27.3 Å². The van der Waals surface area contributed by atoms with E-state index in [-0.39, 0.29) is 30.8 Å². The largest absolute Gasteiger partial charge is 0.493 e. The van der Waals surface area contributed by atoms with Crippen molar-refractivity contribution in [1.82, 2.24) is 15.1 Å². The van der Waals surface area contributed by atoms with Crippen LogP contribution in [0.25, 0.3) is 0 Å². The standard InChI is InChI=1S/C21H29N3O5/c1-13(2)5-7-22-19(25)6-8-23-20(26)16-9-14-10-17(28-3)18(29-4)11-15(14)12-24(16)21(23)27/h10-11,13,16H,5-9,12H2,1-4H3,(H,22,25)/t16-/m1/s1. The lowest BCUT2D eigenvalue weighted by Crippen LogP contribution is -2.40. The number of hydrogen-bond donors (Lipinski definition) is 1. The number of carbonyl (C=O) groups excluding carboxylic acids is 3. The highest BCUT2D eigenvalue weighted by atomic mass is 16.5. The Bertz CT molecular complexity index is 757. The number of rotatable bonds is 8. The van der Waals surface area contributed by atoms with E-state index in [1.165, 1.54) is 4.90 Å². The maximum absolute atomic E-state index is 12.8. The topological polar surface area (TPSA) is 88.2 Å². The molecule has 1 saturated heterocycles. The van der Waals surface area contributed by atoms with E-state index in [9.17, 15) is 14.4 Å². The van der Waals surface area contributed by atoms with Gasteiger partial charge in [0.25, 0.3) is 5.91 Å². The molecule has 0 spiro atoms. The number of hydrogen-bond acceptors (Lipinski definition) is 5. The molecule has 0 bridgehead atoms. The molecule has 8 heteroatoms. The number of amides is 4. The van der Waals surface area contributed by atoms with Gasteiger partial charge in [-0.15, -0.1) is 0 Å². The Balaban J connectivity index is 1.65. The van der Waals surface area contributed by atoms with Gasteiger partial charge in [-0.05, 0) is 35.6 Å². The molecule has 0 aromatic heterocycles. The summed E-state index contributed by atoms with van der Waals surface area (Å²) < 4.78 is 10.7. The molecular weight excluding hydrogens is 374 g/mol. The third-order valence-electron chi connectivity index (χ3n) is 5.47. The molecule has 0 aliphatic carbocycles. The molecule has 2 aliphatic heterocycles. The zero-order valence-electron chi connectivity index (χ0n) is 17.5. The first-order chi connectivity index (χ1) is 13.8. The van der Waals surface area contributed by atoms with Crippen molar-refractivity contribution in [3.63, 3.8) is 0 Å². The van der Waals surface area contributed by atoms with Crippen molar-refractivity contribution in [3.8, 4) is 11.5 Å². The predicted molar refractivity (Wildman–Crippen MR) is 107 cm³/mol. The maximum atomic E-state index is 12.8. The molecule has 2 heterocycles. The molecule has 1 atom stereocenters. The van der Waals surface area contributed by atoms with E-state index in [0.29, 0.717) is 36.9 Å². The molecule has 1 aromatic carbocycles. The molecule has 0 unspecified atom stereocenters. The number of carbonyl (C=O) groups is 3. The minimum Gasteiger partial charge on any atom is -0.493 e. The number of fused-ring (bicyclic) bond motifs is 2. The second-order valence-electron chi connectivity index (χ2n) is 7.88. The minimum absolute atomic E-state index is 0.0984. The molecule has 2 aliphatic rings. The van der Waals surface area contributed by atoms with Gasteiger partial charge in [-0.3, -0.25) is 14.5 Å². The highest BCUT2D eigenvalue weighted by Crippen LogP contribution is 2.37. The van der Waals surface area contributed by atoms with E-state index in [1.807, 2.05) is 12.1 Å². The van der Waals surface area contributed by atoms with E-state index >= 15 is 0 Å². The molecule has 3 rings (SSSR count). The van der Waals surface area contributed by atoms with Crippen LogP contribution < -0.4 is 14.8 Å². The van der Waals surface area contributed by atoms with Crippen molar-refractivity contribution in [3.05, 3.63) is 23.3 Å². The first kappa shape index (κ1) is 21.0. The van der Waals surface area contributed by atoms with Crippen LogP contribution in [0.3, 0.4) is 0 Å². The van der Waals surface area contributed by atoms with Gasteiger partial charge in [0.05, 0.1) is 14.2 Å². The fourth-order valence-corrected chi connectivity index (χ4v) is 3.77. The fourth-order valence-electron chi connectivity index (χ4n) is 3.77. The van der Waals surface area contributed by atoms with Gasteiger partial charge < -0.3 is 19.7 Å². The zero-order chi connectivity index (χ0) is 21.1. The van der Waals surface area contributed by atoms with Crippen LogP contribution in [0.5, 0.6) is 11.5 Å². The van der Waals surface area contributed by atoms with Crippen LogP contribution in [-0.2, 0) is 22.6 Å². The van der Waals surface area contributed by atoms with Crippen LogP contribution in [0.4, 0.5) is 4.79 Å². The summed E-state index contributed by atoms with van der Waals surface area (Å²) >= 11 is 0. The average Bonchev–Trinajstić information content (AvgIpc) is 2.92. The van der Waals surface area contributed by atoms with Gasteiger partial charge in [0, 0.05) is 32.5 Å². The SMILES string of the molecule is COc1cc2c(cc1OC)CN1C(=O)N(CCC(=O)NCCC(C)C)C(=O)[C@H]1C2. The van der Waals surface area contributed by atoms with Gasteiger partial charge >= 0.3 is 6.03 Å². The summed E-state index contributed by atoms with van der Waals surface area (Å²) in [5, 5.41) is 2.84. The van der Waals surface area contributed by atoms with Gasteiger partial charge in [-0.25, -0.2) is 4.79 Å². The van der Waals surface area contributed by atoms with Gasteiger partial charge in [-0.1, -0.05) is 13.8 Å². The number of urea groups is 1. The van der Waals surface area contributed by atoms with Gasteiger partial charge in [0.15, 0.2) is 11.5 Å². The summed E-state index contributed by atoms with van der Waals surface area (Å²) in [4.78, 5) is 40.4. The Hall–Kier alpha value is -2.77. The highest BCUT2D eigenvalue weighted by Gasteiger charge is 2.47. The van der Waals surface area contributed by atoms with Crippen molar-refractivity contribution >= 4 is 17.8 Å². The van der Waals surface area contributed by atoms with Gasteiger partial charge in [-0.2, -0.15) is 0 Å². The second kappa shape index (κ2) is 8.71. The van der Waals surface area contributed by atoms with Crippen molar-refractivity contribution in [2.45, 2.75) is 45.7 Å².